The molecule has 1 aromatic rings. The van der Waals surface area contributed by atoms with Gasteiger partial charge in [0.15, 0.2) is 11.5 Å². The lowest BCUT2D eigenvalue weighted by atomic mass is 9.77. The average Bonchev–Trinajstić information content (AvgIpc) is 3.09. The van der Waals surface area contributed by atoms with E-state index in [1.165, 1.54) is 0 Å². The van der Waals surface area contributed by atoms with Crippen LogP contribution < -0.4 is 9.47 Å². The zero-order chi connectivity index (χ0) is 28.2. The summed E-state index contributed by atoms with van der Waals surface area (Å²) in [4.78, 5) is 12.4. The lowest BCUT2D eigenvalue weighted by Crippen LogP contribution is -2.53. The van der Waals surface area contributed by atoms with E-state index >= 15 is 0 Å². The van der Waals surface area contributed by atoms with Crippen LogP contribution in [0.2, 0.25) is 16.6 Å². The van der Waals surface area contributed by atoms with Crippen molar-refractivity contribution in [3.05, 3.63) is 35.4 Å². The number of terminal acetylenes is 1. The number of fused-ring (bicyclic) bond motifs is 1. The van der Waals surface area contributed by atoms with Gasteiger partial charge in [0, 0.05) is 11.8 Å². The average molecular weight is 529 g/mol. The molecule has 0 spiro atoms. The molecule has 2 atom stereocenters. The molecule has 1 aliphatic rings. The molecule has 0 radical (unpaired) electrons. The first-order valence-corrected chi connectivity index (χ1v) is 15.6. The van der Waals surface area contributed by atoms with Crippen LogP contribution >= 0.6 is 0 Å². The van der Waals surface area contributed by atoms with E-state index in [2.05, 4.69) is 59.6 Å². The summed E-state index contributed by atoms with van der Waals surface area (Å²) in [6.07, 6.45) is 11.1. The van der Waals surface area contributed by atoms with E-state index in [9.17, 15) is 4.79 Å². The van der Waals surface area contributed by atoms with E-state index in [1.807, 2.05) is 32.9 Å². The Morgan fingerprint density at radius 3 is 2.08 bits per heavy atom. The first-order chi connectivity index (χ1) is 17.2. The summed E-state index contributed by atoms with van der Waals surface area (Å²) in [7, 11) is 1.06. The third kappa shape index (κ3) is 6.10. The van der Waals surface area contributed by atoms with Crippen molar-refractivity contribution < 1.29 is 23.4 Å². The Kier molecular flexibility index (Phi) is 10.1. The Bertz CT molecular complexity index is 990. The van der Waals surface area contributed by atoms with Crippen molar-refractivity contribution in [3.8, 4) is 23.8 Å². The van der Waals surface area contributed by atoms with Crippen LogP contribution in [-0.4, -0.2) is 41.2 Å². The van der Waals surface area contributed by atoms with Gasteiger partial charge in [-0.2, -0.15) is 0 Å². The molecule has 0 saturated carbocycles. The van der Waals surface area contributed by atoms with E-state index in [1.54, 1.807) is 14.2 Å². The number of rotatable bonds is 11. The normalized spacial score (nSPS) is 20.0. The van der Waals surface area contributed by atoms with Gasteiger partial charge in [0.1, 0.15) is 6.61 Å². The van der Waals surface area contributed by atoms with Crippen molar-refractivity contribution >= 4 is 14.3 Å². The van der Waals surface area contributed by atoms with Gasteiger partial charge in [-0.25, -0.2) is 0 Å². The van der Waals surface area contributed by atoms with E-state index in [-0.39, 0.29) is 18.7 Å². The first kappa shape index (κ1) is 31.0. The Morgan fingerprint density at radius 1 is 1.08 bits per heavy atom. The minimum Gasteiger partial charge on any atom is -0.493 e. The highest BCUT2D eigenvalue weighted by Gasteiger charge is 2.53. The number of esters is 1. The van der Waals surface area contributed by atoms with Crippen LogP contribution in [0.3, 0.4) is 0 Å². The van der Waals surface area contributed by atoms with Crippen molar-refractivity contribution in [1.29, 1.82) is 0 Å². The van der Waals surface area contributed by atoms with Gasteiger partial charge in [0.25, 0.3) is 0 Å². The second-order valence-electron chi connectivity index (χ2n) is 12.2. The standard InChI is InChI=1S/C31H48O5Si/c1-13-15-31(16-14-17-35-29(32)30(8,9)10)25-20-27(34-12)26(33-11)18-24(25)19-28(31)36-37(21(2)3,22(4)5)23(6)7/h1,14,16,18,20-23,28H,15,17,19H2,2-12H3/b16-14+/t28-,31+/m0/s1. The third-order valence-electron chi connectivity index (χ3n) is 7.88. The fraction of sp³-hybridized carbons (Fsp3) is 0.645. The van der Waals surface area contributed by atoms with Gasteiger partial charge in [-0.3, -0.25) is 4.79 Å². The molecule has 0 N–H and O–H groups in total. The zero-order valence-electron chi connectivity index (χ0n) is 24.9. The molecular weight excluding hydrogens is 480 g/mol. The lowest BCUT2D eigenvalue weighted by Gasteiger charge is -2.47. The van der Waals surface area contributed by atoms with Crippen molar-refractivity contribution in [1.82, 2.24) is 0 Å². The number of ether oxygens (including phenoxy) is 3. The summed E-state index contributed by atoms with van der Waals surface area (Å²) in [5.41, 5.74) is 2.40. The minimum absolute atomic E-state index is 0.149. The number of methoxy groups -OCH3 is 2. The van der Waals surface area contributed by atoms with Crippen molar-refractivity contribution in [3.63, 3.8) is 0 Å². The van der Waals surface area contributed by atoms with Crippen molar-refractivity contribution in [2.45, 2.75) is 103 Å². The predicted octanol–water partition coefficient (Wildman–Crippen LogP) is 7.23. The largest absolute Gasteiger partial charge is 0.493 e. The van der Waals surface area contributed by atoms with Crippen LogP contribution in [0.15, 0.2) is 24.3 Å². The summed E-state index contributed by atoms with van der Waals surface area (Å²) in [5, 5.41) is 0. The molecule has 6 heteroatoms. The van der Waals surface area contributed by atoms with Crippen molar-refractivity contribution in [2.75, 3.05) is 20.8 Å². The third-order valence-corrected chi connectivity index (χ3v) is 14.0. The molecule has 206 valence electrons. The smallest absolute Gasteiger partial charge is 0.311 e. The van der Waals surface area contributed by atoms with E-state index in [4.69, 9.17) is 25.1 Å². The molecule has 0 saturated heterocycles. The van der Waals surface area contributed by atoms with Crippen molar-refractivity contribution in [2.24, 2.45) is 5.41 Å². The Balaban J connectivity index is 2.67. The van der Waals surface area contributed by atoms with Gasteiger partial charge < -0.3 is 18.6 Å². The van der Waals surface area contributed by atoms with E-state index in [0.717, 1.165) is 17.5 Å². The SMILES string of the molecule is C#CC[C@@]1(/C=C/COC(=O)C(C)(C)C)c2cc(OC)c(OC)cc2C[C@@H]1O[Si](C(C)C)(C(C)C)C(C)C. The second-order valence-corrected chi connectivity index (χ2v) is 17.6. The molecule has 0 heterocycles. The minimum atomic E-state index is -2.23. The predicted molar refractivity (Wildman–Crippen MR) is 154 cm³/mol. The van der Waals surface area contributed by atoms with E-state index < -0.39 is 19.1 Å². The maximum Gasteiger partial charge on any atom is 0.311 e. The van der Waals surface area contributed by atoms with E-state index in [0.29, 0.717) is 34.5 Å². The van der Waals surface area contributed by atoms with Crippen LogP contribution in [0.1, 0.15) is 79.9 Å². The van der Waals surface area contributed by atoms with Gasteiger partial charge in [-0.1, -0.05) is 53.7 Å². The lowest BCUT2D eigenvalue weighted by molar-refractivity contribution is -0.151. The molecule has 0 amide bonds. The molecule has 37 heavy (non-hydrogen) atoms. The highest BCUT2D eigenvalue weighted by molar-refractivity contribution is 6.77. The maximum absolute atomic E-state index is 12.4. The molecule has 0 fully saturated rings. The van der Waals surface area contributed by atoms with Crippen LogP contribution in [0.25, 0.3) is 0 Å². The zero-order valence-corrected chi connectivity index (χ0v) is 25.9. The quantitative estimate of drug-likeness (QED) is 0.131. The molecule has 2 rings (SSSR count). The Hall–Kier alpha value is -2.23. The Labute approximate surface area is 226 Å². The molecule has 0 bridgehead atoms. The van der Waals surface area contributed by atoms with Gasteiger partial charge in [0.2, 0.25) is 8.32 Å². The number of benzene rings is 1. The number of hydrogen-bond donors (Lipinski definition) is 0. The van der Waals surface area contributed by atoms with Gasteiger partial charge >= 0.3 is 5.97 Å². The fourth-order valence-electron chi connectivity index (χ4n) is 6.11. The number of carbonyl (C=O) groups is 1. The highest BCUT2D eigenvalue weighted by atomic mass is 28.4. The summed E-state index contributed by atoms with van der Waals surface area (Å²) < 4.78 is 24.3. The van der Waals surface area contributed by atoms with Crippen LogP contribution in [0.4, 0.5) is 0 Å². The molecular formula is C31H48O5Si. The summed E-state index contributed by atoms with van der Waals surface area (Å²) in [6.45, 7) is 19.5. The van der Waals surface area contributed by atoms with Gasteiger partial charge in [-0.05, 0) is 67.1 Å². The molecule has 0 aliphatic heterocycles. The van der Waals surface area contributed by atoms with Crippen LogP contribution in [-0.2, 0) is 25.8 Å². The van der Waals surface area contributed by atoms with Crippen LogP contribution in [0.5, 0.6) is 11.5 Å². The maximum atomic E-state index is 12.4. The molecule has 1 aliphatic carbocycles. The molecule has 1 aromatic carbocycles. The topological polar surface area (TPSA) is 54.0 Å². The van der Waals surface area contributed by atoms with Crippen LogP contribution in [0, 0.1) is 17.8 Å². The fourth-order valence-corrected chi connectivity index (χ4v) is 11.7. The number of carbonyl (C=O) groups excluding carboxylic acids is 1. The summed E-state index contributed by atoms with van der Waals surface area (Å²) >= 11 is 0. The molecule has 0 aromatic heterocycles. The highest BCUT2D eigenvalue weighted by Crippen LogP contribution is 2.52. The monoisotopic (exact) mass is 528 g/mol. The summed E-state index contributed by atoms with van der Waals surface area (Å²) in [6, 6.07) is 4.10. The first-order valence-electron chi connectivity index (χ1n) is 13.4. The summed E-state index contributed by atoms with van der Waals surface area (Å²) in [5.74, 6) is 4.06. The number of hydrogen-bond acceptors (Lipinski definition) is 5. The second kappa shape index (κ2) is 12.1. The van der Waals surface area contributed by atoms with Gasteiger partial charge in [-0.15, -0.1) is 12.3 Å². The molecule has 5 nitrogen and oxygen atoms in total. The molecule has 0 unspecified atom stereocenters. The Morgan fingerprint density at radius 2 is 1.62 bits per heavy atom. The van der Waals surface area contributed by atoms with Gasteiger partial charge in [0.05, 0.1) is 25.7 Å².